The molecule has 0 aliphatic carbocycles. The SMILES string of the molecule is C=C1COc2ccc(NC(=O)NCCC(=O)O)cc2C(=C/CCN2CCC(O)(c3ccc(Cl)cc3)CC2)/C1=C/C=C\C. The summed E-state index contributed by atoms with van der Waals surface area (Å²) in [6.07, 6.45) is 10.0. The van der Waals surface area contributed by atoms with E-state index in [4.69, 9.17) is 21.4 Å². The van der Waals surface area contributed by atoms with Crippen LogP contribution in [0.4, 0.5) is 10.5 Å². The highest BCUT2D eigenvalue weighted by Gasteiger charge is 2.33. The second-order valence-corrected chi connectivity index (χ2v) is 11.0. The number of likely N-dealkylation sites (tertiary alicyclic amines) is 1. The van der Waals surface area contributed by atoms with E-state index in [-0.39, 0.29) is 13.0 Å². The molecule has 0 aromatic heterocycles. The van der Waals surface area contributed by atoms with Gasteiger partial charge in [0.05, 0.1) is 12.0 Å². The number of aliphatic carboxylic acids is 1. The van der Waals surface area contributed by atoms with Crippen LogP contribution in [-0.2, 0) is 10.4 Å². The Morgan fingerprint density at radius 3 is 2.57 bits per heavy atom. The van der Waals surface area contributed by atoms with Crippen LogP contribution < -0.4 is 15.4 Å². The molecule has 0 saturated carbocycles. The van der Waals surface area contributed by atoms with Crippen LogP contribution in [-0.4, -0.2) is 59.9 Å². The van der Waals surface area contributed by atoms with Gasteiger partial charge in [-0.05, 0) is 78.8 Å². The molecule has 42 heavy (non-hydrogen) atoms. The Balaban J connectivity index is 1.50. The number of hydrogen-bond donors (Lipinski definition) is 4. The number of carbonyl (C=O) groups is 2. The molecule has 0 radical (unpaired) electrons. The third-order valence-corrected chi connectivity index (χ3v) is 7.79. The number of halogens is 1. The van der Waals surface area contributed by atoms with E-state index >= 15 is 0 Å². The van der Waals surface area contributed by atoms with Gasteiger partial charge < -0.3 is 30.5 Å². The van der Waals surface area contributed by atoms with Crippen molar-refractivity contribution in [2.24, 2.45) is 0 Å². The zero-order chi connectivity index (χ0) is 30.1. The minimum absolute atomic E-state index is 0.0318. The summed E-state index contributed by atoms with van der Waals surface area (Å²) in [4.78, 5) is 25.5. The number of benzene rings is 2. The van der Waals surface area contributed by atoms with E-state index in [9.17, 15) is 14.7 Å². The Morgan fingerprint density at radius 1 is 1.14 bits per heavy atom. The van der Waals surface area contributed by atoms with Crippen molar-refractivity contribution in [3.63, 3.8) is 0 Å². The first-order chi connectivity index (χ1) is 20.2. The molecule has 9 heteroatoms. The fraction of sp³-hybridized carbons (Fsp3) is 0.333. The number of amides is 2. The highest BCUT2D eigenvalue weighted by atomic mass is 35.5. The number of anilines is 1. The zero-order valence-corrected chi connectivity index (χ0v) is 24.6. The lowest BCUT2D eigenvalue weighted by Crippen LogP contribution is -2.42. The molecule has 222 valence electrons. The van der Waals surface area contributed by atoms with Gasteiger partial charge in [-0.15, -0.1) is 0 Å². The third kappa shape index (κ3) is 8.12. The molecular formula is C33H38ClN3O5. The number of fused-ring (bicyclic) bond motifs is 1. The number of aliphatic hydroxyl groups is 1. The van der Waals surface area contributed by atoms with Crippen molar-refractivity contribution in [2.45, 2.75) is 38.2 Å². The maximum atomic E-state index is 12.3. The van der Waals surface area contributed by atoms with E-state index in [0.717, 1.165) is 53.9 Å². The molecule has 1 fully saturated rings. The van der Waals surface area contributed by atoms with E-state index in [2.05, 4.69) is 28.2 Å². The van der Waals surface area contributed by atoms with Crippen LogP contribution in [0.1, 0.15) is 43.7 Å². The number of ether oxygens (including phenoxy) is 1. The number of hydrogen-bond acceptors (Lipinski definition) is 5. The summed E-state index contributed by atoms with van der Waals surface area (Å²) < 4.78 is 6.08. The summed E-state index contributed by atoms with van der Waals surface area (Å²) in [7, 11) is 0. The van der Waals surface area contributed by atoms with Gasteiger partial charge >= 0.3 is 12.0 Å². The molecule has 2 heterocycles. The van der Waals surface area contributed by atoms with Gasteiger partial charge in [-0.3, -0.25) is 4.79 Å². The molecular weight excluding hydrogens is 554 g/mol. The van der Waals surface area contributed by atoms with Gasteiger partial charge in [0, 0.05) is 42.5 Å². The molecule has 2 aromatic carbocycles. The largest absolute Gasteiger partial charge is 0.488 e. The maximum Gasteiger partial charge on any atom is 0.319 e. The van der Waals surface area contributed by atoms with Crippen molar-refractivity contribution >= 4 is 34.9 Å². The van der Waals surface area contributed by atoms with Crippen molar-refractivity contribution in [1.29, 1.82) is 0 Å². The predicted molar refractivity (Wildman–Crippen MR) is 167 cm³/mol. The number of piperidine rings is 1. The Bertz CT molecular complexity index is 1390. The molecule has 1 saturated heterocycles. The summed E-state index contributed by atoms with van der Waals surface area (Å²) in [6.45, 7) is 8.97. The summed E-state index contributed by atoms with van der Waals surface area (Å²) in [6, 6.07) is 12.4. The lowest BCUT2D eigenvalue weighted by atomic mass is 9.84. The topological polar surface area (TPSA) is 111 Å². The lowest BCUT2D eigenvalue weighted by Gasteiger charge is -2.38. The smallest absolute Gasteiger partial charge is 0.319 e. The van der Waals surface area contributed by atoms with Gasteiger partial charge in [0.25, 0.3) is 0 Å². The second kappa shape index (κ2) is 14.4. The minimum atomic E-state index is -0.977. The predicted octanol–water partition coefficient (Wildman–Crippen LogP) is 6.14. The first-order valence-corrected chi connectivity index (χ1v) is 14.5. The summed E-state index contributed by atoms with van der Waals surface area (Å²) in [5.74, 6) is -0.288. The van der Waals surface area contributed by atoms with Crippen molar-refractivity contribution in [1.82, 2.24) is 10.2 Å². The van der Waals surface area contributed by atoms with Crippen LogP contribution >= 0.6 is 11.6 Å². The molecule has 2 aliphatic rings. The highest BCUT2D eigenvalue weighted by Crippen LogP contribution is 2.40. The standard InChI is InChI=1S/C33H38ClN3O5/c1-3-4-6-27-23(2)22-42-30-13-12-26(36-32(40)35-17-14-31(38)39)21-29(30)28(27)7-5-18-37-19-15-33(41,16-20-37)24-8-10-25(34)11-9-24/h3-4,6-13,21,41H,2,5,14-20,22H2,1H3,(H,38,39)(H2,35,36,40)/b4-3-,27-6+,28-7+. The number of nitrogens with zero attached hydrogens (tertiary/aromatic N) is 1. The van der Waals surface area contributed by atoms with Gasteiger partial charge in [-0.25, -0.2) is 4.79 Å². The number of carbonyl (C=O) groups excluding carboxylic acids is 1. The van der Waals surface area contributed by atoms with Crippen molar-refractivity contribution in [3.05, 3.63) is 101 Å². The third-order valence-electron chi connectivity index (χ3n) is 7.54. The minimum Gasteiger partial charge on any atom is -0.488 e. The van der Waals surface area contributed by atoms with E-state index < -0.39 is 17.6 Å². The number of rotatable bonds is 9. The first kappa shape index (κ1) is 31.1. The molecule has 0 bridgehead atoms. The molecule has 2 aliphatic heterocycles. The van der Waals surface area contributed by atoms with Crippen LogP contribution in [0.2, 0.25) is 5.02 Å². The van der Waals surface area contributed by atoms with Gasteiger partial charge in [0.1, 0.15) is 12.4 Å². The van der Waals surface area contributed by atoms with Crippen molar-refractivity contribution in [3.8, 4) is 5.75 Å². The molecule has 4 rings (SSSR count). The highest BCUT2D eigenvalue weighted by molar-refractivity contribution is 6.30. The molecule has 0 spiro atoms. The number of carboxylic acids is 1. The fourth-order valence-corrected chi connectivity index (χ4v) is 5.31. The number of allylic oxidation sites excluding steroid dienone is 4. The molecule has 2 aromatic rings. The van der Waals surface area contributed by atoms with E-state index in [1.807, 2.05) is 61.5 Å². The Labute approximate surface area is 252 Å². The Hall–Kier alpha value is -3.85. The van der Waals surface area contributed by atoms with Crippen LogP contribution in [0.5, 0.6) is 5.75 Å². The van der Waals surface area contributed by atoms with Gasteiger partial charge in [0.15, 0.2) is 0 Å². The maximum absolute atomic E-state index is 12.3. The molecule has 8 nitrogen and oxygen atoms in total. The molecule has 2 amide bonds. The number of carboxylic acid groups (broad SMARTS) is 1. The van der Waals surface area contributed by atoms with Gasteiger partial charge in [-0.1, -0.05) is 54.6 Å². The summed E-state index contributed by atoms with van der Waals surface area (Å²) in [5.41, 5.74) is 4.24. The zero-order valence-electron chi connectivity index (χ0n) is 23.9. The van der Waals surface area contributed by atoms with Crippen molar-refractivity contribution in [2.75, 3.05) is 38.1 Å². The van der Waals surface area contributed by atoms with Crippen LogP contribution in [0, 0.1) is 0 Å². The normalized spacial score (nSPS) is 18.9. The average Bonchev–Trinajstić information content (AvgIpc) is 3.09. The lowest BCUT2D eigenvalue weighted by molar-refractivity contribution is -0.136. The van der Waals surface area contributed by atoms with E-state index in [1.165, 1.54) is 0 Å². The summed E-state index contributed by atoms with van der Waals surface area (Å²) >= 11 is 6.03. The van der Waals surface area contributed by atoms with Crippen LogP contribution in [0.15, 0.2) is 84.5 Å². The quantitative estimate of drug-likeness (QED) is 0.279. The van der Waals surface area contributed by atoms with Crippen LogP contribution in [0.3, 0.4) is 0 Å². The summed E-state index contributed by atoms with van der Waals surface area (Å²) in [5, 5.41) is 26.1. The number of urea groups is 1. The van der Waals surface area contributed by atoms with Gasteiger partial charge in [-0.2, -0.15) is 0 Å². The second-order valence-electron chi connectivity index (χ2n) is 10.5. The average molecular weight is 592 g/mol. The van der Waals surface area contributed by atoms with E-state index in [0.29, 0.717) is 35.9 Å². The van der Waals surface area contributed by atoms with Gasteiger partial charge in [0.2, 0.25) is 0 Å². The Morgan fingerprint density at radius 2 is 1.88 bits per heavy atom. The molecule has 0 atom stereocenters. The fourth-order valence-electron chi connectivity index (χ4n) is 5.19. The van der Waals surface area contributed by atoms with Crippen LogP contribution in [0.25, 0.3) is 5.57 Å². The monoisotopic (exact) mass is 591 g/mol. The number of nitrogens with one attached hydrogen (secondary N) is 2. The van der Waals surface area contributed by atoms with E-state index in [1.54, 1.807) is 6.07 Å². The molecule has 4 N–H and O–H groups in total. The first-order valence-electron chi connectivity index (χ1n) is 14.1. The molecule has 0 unspecified atom stereocenters. The Kier molecular flexibility index (Phi) is 10.6. The van der Waals surface area contributed by atoms with Crippen molar-refractivity contribution < 1.29 is 24.5 Å².